The van der Waals surface area contributed by atoms with E-state index in [1.54, 1.807) is 0 Å². The van der Waals surface area contributed by atoms with E-state index in [-0.39, 0.29) is 5.69 Å². The van der Waals surface area contributed by atoms with E-state index < -0.39 is 0 Å². The number of hydrogen-bond acceptors (Lipinski definition) is 2. The first kappa shape index (κ1) is 14.4. The van der Waals surface area contributed by atoms with Crippen molar-refractivity contribution >= 4 is 10.9 Å². The number of hydrogen-bond donors (Lipinski definition) is 1. The van der Waals surface area contributed by atoms with Crippen molar-refractivity contribution in [3.8, 4) is 0 Å². The zero-order valence-electron chi connectivity index (χ0n) is 10.7. The van der Waals surface area contributed by atoms with Crippen LogP contribution in [0.4, 0.5) is 0 Å². The van der Waals surface area contributed by atoms with Gasteiger partial charge >= 0.3 is 5.69 Å². The molecule has 0 unspecified atom stereocenters. The fourth-order valence-electron chi connectivity index (χ4n) is 1.25. The highest BCUT2D eigenvalue weighted by molar-refractivity contribution is 5.80. The molecule has 1 aromatic heterocycles. The van der Waals surface area contributed by atoms with Gasteiger partial charge in [0.15, 0.2) is 0 Å². The van der Waals surface area contributed by atoms with Gasteiger partial charge in [0.25, 0.3) is 0 Å². The predicted molar refractivity (Wildman–Crippen MR) is 69.8 cm³/mol. The van der Waals surface area contributed by atoms with E-state index in [4.69, 9.17) is 0 Å². The quantitative estimate of drug-likeness (QED) is 0.740. The summed E-state index contributed by atoms with van der Waals surface area (Å²) in [5, 5.41) is 0.997. The molecule has 0 aliphatic heterocycles. The molecule has 3 nitrogen and oxygen atoms in total. The average molecular weight is 220 g/mol. The molecule has 1 N–H and O–H groups in total. The lowest BCUT2D eigenvalue weighted by molar-refractivity contribution is 1.07. The molecule has 1 heterocycles. The summed E-state index contributed by atoms with van der Waals surface area (Å²) in [5.41, 5.74) is 1.33. The van der Waals surface area contributed by atoms with Crippen LogP contribution in [0, 0.1) is 6.92 Å². The van der Waals surface area contributed by atoms with E-state index in [0.717, 1.165) is 16.6 Å². The molecule has 2 aromatic rings. The monoisotopic (exact) mass is 220 g/mol. The number of aromatic nitrogens is 2. The van der Waals surface area contributed by atoms with Crippen LogP contribution in [0.1, 0.15) is 33.4 Å². The van der Waals surface area contributed by atoms with Crippen molar-refractivity contribution in [1.29, 1.82) is 0 Å². The van der Waals surface area contributed by atoms with E-state index in [2.05, 4.69) is 9.97 Å². The van der Waals surface area contributed by atoms with Crippen LogP contribution < -0.4 is 5.69 Å². The molecule has 0 fully saturated rings. The molecule has 16 heavy (non-hydrogen) atoms. The van der Waals surface area contributed by atoms with Crippen LogP contribution in [-0.4, -0.2) is 9.97 Å². The van der Waals surface area contributed by atoms with Crippen molar-refractivity contribution in [2.24, 2.45) is 0 Å². The van der Waals surface area contributed by atoms with Gasteiger partial charge in [-0.25, -0.2) is 4.79 Å². The SMILES string of the molecule is CC.CC.Cc1[nH]c(=O)nc2ccccc12. The molecule has 0 amide bonds. The third kappa shape index (κ3) is 3.50. The van der Waals surface area contributed by atoms with Gasteiger partial charge in [-0.2, -0.15) is 4.98 Å². The van der Waals surface area contributed by atoms with E-state index in [9.17, 15) is 4.79 Å². The minimum atomic E-state index is -0.286. The Labute approximate surface area is 96.6 Å². The minimum Gasteiger partial charge on any atom is -0.309 e. The second-order valence-corrected chi connectivity index (χ2v) is 2.68. The molecule has 88 valence electrons. The fraction of sp³-hybridized carbons (Fsp3) is 0.385. The van der Waals surface area contributed by atoms with Gasteiger partial charge in [0.1, 0.15) is 0 Å². The van der Waals surface area contributed by atoms with Gasteiger partial charge in [0.2, 0.25) is 0 Å². The molecule has 1 aromatic carbocycles. The van der Waals surface area contributed by atoms with Gasteiger partial charge < -0.3 is 4.98 Å². The second-order valence-electron chi connectivity index (χ2n) is 2.68. The molecule has 2 rings (SSSR count). The molecule has 0 bridgehead atoms. The molecule has 0 spiro atoms. The molecule has 0 atom stereocenters. The average Bonchev–Trinajstić information content (AvgIpc) is 2.34. The van der Waals surface area contributed by atoms with E-state index in [0.29, 0.717) is 0 Å². The van der Waals surface area contributed by atoms with Crippen LogP contribution in [-0.2, 0) is 0 Å². The Morgan fingerprint density at radius 2 is 1.62 bits per heavy atom. The second kappa shape index (κ2) is 7.63. The zero-order chi connectivity index (χ0) is 12.6. The number of fused-ring (bicyclic) bond motifs is 1. The first-order valence-electron chi connectivity index (χ1n) is 5.73. The summed E-state index contributed by atoms with van der Waals surface area (Å²) in [5.74, 6) is 0. The lowest BCUT2D eigenvalue weighted by Crippen LogP contribution is -2.11. The Bertz CT molecular complexity index is 475. The molecule has 0 saturated heterocycles. The number of aryl methyl sites for hydroxylation is 1. The number of para-hydroxylation sites is 1. The van der Waals surface area contributed by atoms with Gasteiger partial charge in [-0.3, -0.25) is 0 Å². The fourth-order valence-corrected chi connectivity index (χ4v) is 1.25. The highest BCUT2D eigenvalue weighted by atomic mass is 16.1. The molecule has 3 heteroatoms. The van der Waals surface area contributed by atoms with Gasteiger partial charge in [-0.1, -0.05) is 45.9 Å². The van der Waals surface area contributed by atoms with Crippen LogP contribution in [0.25, 0.3) is 10.9 Å². The molecule has 0 aliphatic rings. The standard InChI is InChI=1S/C9H8N2O.2C2H6/c1-6-7-4-2-3-5-8(7)11-9(12)10-6;2*1-2/h2-5H,1H3,(H,10,11,12);2*1-2H3. The summed E-state index contributed by atoms with van der Waals surface area (Å²) in [7, 11) is 0. The smallest absolute Gasteiger partial charge is 0.309 e. The highest BCUT2D eigenvalue weighted by Crippen LogP contribution is 2.10. The summed E-state index contributed by atoms with van der Waals surface area (Å²) in [4.78, 5) is 17.4. The maximum absolute atomic E-state index is 10.9. The van der Waals surface area contributed by atoms with Crippen molar-refractivity contribution in [2.45, 2.75) is 34.6 Å². The lowest BCUT2D eigenvalue weighted by Gasteiger charge is -1.97. The van der Waals surface area contributed by atoms with E-state index in [1.165, 1.54) is 0 Å². The van der Waals surface area contributed by atoms with Crippen molar-refractivity contribution in [2.75, 3.05) is 0 Å². The van der Waals surface area contributed by atoms with Gasteiger partial charge in [-0.05, 0) is 13.0 Å². The maximum Gasteiger partial charge on any atom is 0.345 e. The molecule has 0 radical (unpaired) electrons. The van der Waals surface area contributed by atoms with Crippen molar-refractivity contribution < 1.29 is 0 Å². The summed E-state index contributed by atoms with van der Waals surface area (Å²) >= 11 is 0. The number of rotatable bonds is 0. The number of H-pyrrole nitrogens is 1. The summed E-state index contributed by atoms with van der Waals surface area (Å²) in [6.07, 6.45) is 0. The number of nitrogens with one attached hydrogen (secondary N) is 1. The first-order chi connectivity index (χ1) is 7.77. The maximum atomic E-state index is 10.9. The van der Waals surface area contributed by atoms with Crippen molar-refractivity contribution in [1.82, 2.24) is 9.97 Å². The zero-order valence-corrected chi connectivity index (χ0v) is 10.7. The Balaban J connectivity index is 0.000000509. The summed E-state index contributed by atoms with van der Waals surface area (Å²) in [6, 6.07) is 7.56. The lowest BCUT2D eigenvalue weighted by atomic mass is 10.2. The minimum absolute atomic E-state index is 0.286. The van der Waals surface area contributed by atoms with Crippen LogP contribution in [0.15, 0.2) is 29.1 Å². The topological polar surface area (TPSA) is 45.8 Å². The van der Waals surface area contributed by atoms with Crippen molar-refractivity contribution in [3.05, 3.63) is 40.4 Å². The Morgan fingerprint density at radius 3 is 2.25 bits per heavy atom. The molecular weight excluding hydrogens is 200 g/mol. The van der Waals surface area contributed by atoms with Gasteiger partial charge in [0, 0.05) is 11.1 Å². The highest BCUT2D eigenvalue weighted by Gasteiger charge is 1.97. The van der Waals surface area contributed by atoms with Crippen LogP contribution in [0.2, 0.25) is 0 Å². The van der Waals surface area contributed by atoms with E-state index >= 15 is 0 Å². The largest absolute Gasteiger partial charge is 0.345 e. The number of nitrogens with zero attached hydrogens (tertiary/aromatic N) is 1. The van der Waals surface area contributed by atoms with Gasteiger partial charge in [0.05, 0.1) is 5.52 Å². The molecule has 0 saturated carbocycles. The summed E-state index contributed by atoms with van der Waals surface area (Å²) in [6.45, 7) is 9.87. The third-order valence-electron chi connectivity index (χ3n) is 1.82. The van der Waals surface area contributed by atoms with Crippen LogP contribution >= 0.6 is 0 Å². The normalized spacial score (nSPS) is 8.56. The van der Waals surface area contributed by atoms with Crippen molar-refractivity contribution in [3.63, 3.8) is 0 Å². The number of aromatic amines is 1. The summed E-state index contributed by atoms with van der Waals surface area (Å²) < 4.78 is 0. The Hall–Kier alpha value is -1.64. The molecule has 0 aliphatic carbocycles. The Morgan fingerprint density at radius 1 is 1.06 bits per heavy atom. The third-order valence-corrected chi connectivity index (χ3v) is 1.82. The van der Waals surface area contributed by atoms with E-state index in [1.807, 2.05) is 58.9 Å². The van der Waals surface area contributed by atoms with Crippen LogP contribution in [0.5, 0.6) is 0 Å². The first-order valence-corrected chi connectivity index (χ1v) is 5.73. The van der Waals surface area contributed by atoms with Gasteiger partial charge in [-0.15, -0.1) is 0 Å². The van der Waals surface area contributed by atoms with Crippen LogP contribution in [0.3, 0.4) is 0 Å². The number of benzene rings is 1. The Kier molecular flexibility index (Phi) is 6.84. The molecular formula is C13H20N2O. The predicted octanol–water partition coefficient (Wildman–Crippen LogP) is 3.28.